The minimum atomic E-state index is -0.0572. The first-order chi connectivity index (χ1) is 14.7. The van der Waals surface area contributed by atoms with Crippen LogP contribution in [-0.4, -0.2) is 45.1 Å². The number of ether oxygens (including phenoxy) is 1. The summed E-state index contributed by atoms with van der Waals surface area (Å²) in [5.41, 5.74) is 3.81. The zero-order valence-electron chi connectivity index (χ0n) is 16.8. The first-order valence-corrected chi connectivity index (χ1v) is 11.1. The quantitative estimate of drug-likeness (QED) is 0.473. The van der Waals surface area contributed by atoms with Crippen molar-refractivity contribution in [1.82, 2.24) is 20.0 Å². The van der Waals surface area contributed by atoms with Gasteiger partial charge in [-0.15, -0.1) is 5.10 Å². The van der Waals surface area contributed by atoms with Crippen LogP contribution in [0.1, 0.15) is 25.3 Å². The van der Waals surface area contributed by atoms with E-state index in [0.717, 1.165) is 52.3 Å². The van der Waals surface area contributed by atoms with Crippen molar-refractivity contribution in [3.63, 3.8) is 0 Å². The minimum Gasteiger partial charge on any atom is -0.376 e. The van der Waals surface area contributed by atoms with Gasteiger partial charge in [0.25, 0.3) is 5.91 Å². The van der Waals surface area contributed by atoms with E-state index < -0.39 is 0 Å². The lowest BCUT2D eigenvalue weighted by atomic mass is 10.1. The Kier molecular flexibility index (Phi) is 5.18. The van der Waals surface area contributed by atoms with Crippen LogP contribution >= 0.6 is 11.3 Å². The second-order valence-electron chi connectivity index (χ2n) is 7.49. The molecule has 2 aromatic heterocycles. The summed E-state index contributed by atoms with van der Waals surface area (Å²) in [5, 5.41) is 9.07. The molecule has 5 rings (SSSR count). The van der Waals surface area contributed by atoms with Gasteiger partial charge in [0.2, 0.25) is 0 Å². The fourth-order valence-electron chi connectivity index (χ4n) is 3.92. The van der Waals surface area contributed by atoms with E-state index in [1.165, 1.54) is 5.56 Å². The molecule has 30 heavy (non-hydrogen) atoms. The van der Waals surface area contributed by atoms with Crippen LogP contribution in [0.4, 0.5) is 5.13 Å². The second kappa shape index (κ2) is 8.12. The van der Waals surface area contributed by atoms with E-state index in [2.05, 4.69) is 35.4 Å². The molecule has 1 aliphatic rings. The Labute approximate surface area is 178 Å². The summed E-state index contributed by atoms with van der Waals surface area (Å²) >= 11 is 1.56. The highest BCUT2D eigenvalue weighted by molar-refractivity contribution is 7.22. The van der Waals surface area contributed by atoms with Crippen molar-refractivity contribution in [3.8, 4) is 0 Å². The number of aryl methyl sites for hydroxylation is 1. The summed E-state index contributed by atoms with van der Waals surface area (Å²) in [7, 11) is 0. The third-order valence-electron chi connectivity index (χ3n) is 5.52. The highest BCUT2D eigenvalue weighted by Crippen LogP contribution is 2.32. The van der Waals surface area contributed by atoms with Crippen LogP contribution in [0.25, 0.3) is 21.3 Å². The molecule has 8 heteroatoms. The third kappa shape index (κ3) is 3.57. The minimum absolute atomic E-state index is 0.0408. The number of thiazole rings is 1. The molecule has 0 aliphatic carbocycles. The van der Waals surface area contributed by atoms with Crippen molar-refractivity contribution in [3.05, 3.63) is 48.0 Å². The number of carbonyl (C=O) groups excluding carboxylic acids is 1. The molecule has 1 aliphatic heterocycles. The fourth-order valence-corrected chi connectivity index (χ4v) is 4.96. The van der Waals surface area contributed by atoms with Gasteiger partial charge in [-0.05, 0) is 43.0 Å². The first kappa shape index (κ1) is 19.1. The topological polar surface area (TPSA) is 73.1 Å². The predicted molar refractivity (Wildman–Crippen MR) is 118 cm³/mol. The third-order valence-corrected chi connectivity index (χ3v) is 6.56. The molecule has 2 aromatic carbocycles. The van der Waals surface area contributed by atoms with Gasteiger partial charge in [-0.25, -0.2) is 9.67 Å². The number of para-hydroxylation sites is 2. The number of hydrogen-bond acceptors (Lipinski definition) is 6. The lowest BCUT2D eigenvalue weighted by Gasteiger charge is -2.23. The lowest BCUT2D eigenvalue weighted by Crippen LogP contribution is -2.39. The van der Waals surface area contributed by atoms with Crippen LogP contribution in [0.3, 0.4) is 0 Å². The van der Waals surface area contributed by atoms with Gasteiger partial charge in [0, 0.05) is 6.61 Å². The van der Waals surface area contributed by atoms with Gasteiger partial charge >= 0.3 is 0 Å². The maximum atomic E-state index is 13.4. The van der Waals surface area contributed by atoms with Gasteiger partial charge in [-0.3, -0.25) is 9.69 Å². The molecule has 1 fully saturated rings. The van der Waals surface area contributed by atoms with Crippen molar-refractivity contribution in [2.24, 2.45) is 0 Å². The van der Waals surface area contributed by atoms with E-state index in [1.54, 1.807) is 20.9 Å². The predicted octanol–water partition coefficient (Wildman–Crippen LogP) is 3.82. The van der Waals surface area contributed by atoms with E-state index in [4.69, 9.17) is 9.72 Å². The van der Waals surface area contributed by atoms with Gasteiger partial charge in [-0.2, -0.15) is 0 Å². The summed E-state index contributed by atoms with van der Waals surface area (Å²) in [5.74, 6) is -0.0572. The summed E-state index contributed by atoms with van der Waals surface area (Å²) < 4.78 is 8.58. The molecule has 0 radical (unpaired) electrons. The molecule has 0 saturated carbocycles. The fraction of sp³-hybridized carbons (Fsp3) is 0.364. The summed E-state index contributed by atoms with van der Waals surface area (Å²) in [6.45, 7) is 3.50. The zero-order chi connectivity index (χ0) is 20.5. The average molecular weight is 422 g/mol. The van der Waals surface area contributed by atoms with E-state index in [9.17, 15) is 4.79 Å². The van der Waals surface area contributed by atoms with Crippen molar-refractivity contribution in [2.75, 3.05) is 18.1 Å². The van der Waals surface area contributed by atoms with Crippen LogP contribution in [0, 0.1) is 0 Å². The largest absolute Gasteiger partial charge is 0.376 e. The van der Waals surface area contributed by atoms with Crippen molar-refractivity contribution < 1.29 is 9.53 Å². The molecule has 1 unspecified atom stereocenters. The Morgan fingerprint density at radius 3 is 3.00 bits per heavy atom. The number of aromatic nitrogens is 4. The Bertz CT molecular complexity index is 1190. The van der Waals surface area contributed by atoms with Crippen LogP contribution in [0.2, 0.25) is 0 Å². The molecule has 154 valence electrons. The van der Waals surface area contributed by atoms with E-state index in [1.807, 2.05) is 24.3 Å². The number of benzene rings is 2. The van der Waals surface area contributed by atoms with E-state index in [-0.39, 0.29) is 18.6 Å². The normalized spacial score (nSPS) is 16.5. The summed E-state index contributed by atoms with van der Waals surface area (Å²) in [4.78, 5) is 20.1. The van der Waals surface area contributed by atoms with Crippen molar-refractivity contribution >= 4 is 43.6 Å². The second-order valence-corrected chi connectivity index (χ2v) is 8.50. The van der Waals surface area contributed by atoms with Gasteiger partial charge in [0.15, 0.2) is 5.13 Å². The highest BCUT2D eigenvalue weighted by Gasteiger charge is 2.27. The van der Waals surface area contributed by atoms with Crippen LogP contribution < -0.4 is 4.90 Å². The zero-order valence-corrected chi connectivity index (χ0v) is 17.6. The van der Waals surface area contributed by atoms with Crippen molar-refractivity contribution in [2.45, 2.75) is 38.8 Å². The maximum absolute atomic E-state index is 13.4. The number of amides is 1. The number of hydrogen-bond donors (Lipinski definition) is 0. The lowest BCUT2D eigenvalue weighted by molar-refractivity contribution is -0.119. The molecule has 4 aromatic rings. The molecule has 0 spiro atoms. The smallest absolute Gasteiger partial charge is 0.250 e. The Hall–Kier alpha value is -2.84. The molecule has 3 heterocycles. The van der Waals surface area contributed by atoms with E-state index >= 15 is 0 Å². The first-order valence-electron chi connectivity index (χ1n) is 10.3. The number of anilines is 1. The number of nitrogens with zero attached hydrogens (tertiary/aromatic N) is 5. The molecule has 1 atom stereocenters. The van der Waals surface area contributed by atoms with Gasteiger partial charge in [0.1, 0.15) is 12.1 Å². The van der Waals surface area contributed by atoms with E-state index in [0.29, 0.717) is 6.54 Å². The van der Waals surface area contributed by atoms with Gasteiger partial charge < -0.3 is 4.74 Å². The number of fused-ring (bicyclic) bond motifs is 2. The molecule has 0 bridgehead atoms. The maximum Gasteiger partial charge on any atom is 0.250 e. The van der Waals surface area contributed by atoms with Gasteiger partial charge in [0.05, 0.1) is 28.4 Å². The Morgan fingerprint density at radius 1 is 1.27 bits per heavy atom. The summed E-state index contributed by atoms with van der Waals surface area (Å²) in [6, 6.07) is 13.9. The molecule has 0 N–H and O–H groups in total. The van der Waals surface area contributed by atoms with Crippen LogP contribution in [0.15, 0.2) is 42.5 Å². The number of rotatable bonds is 6. The molecule has 1 amide bonds. The Morgan fingerprint density at radius 2 is 2.17 bits per heavy atom. The SMILES string of the molecule is CCc1cccc2sc(N(CC3CCCO3)C(=O)Cn3nnc4ccccc43)nc12. The monoisotopic (exact) mass is 421 g/mol. The Balaban J connectivity index is 1.49. The van der Waals surface area contributed by atoms with Crippen LogP contribution in [0.5, 0.6) is 0 Å². The molecular weight excluding hydrogens is 398 g/mol. The van der Waals surface area contributed by atoms with Gasteiger partial charge in [-0.1, -0.05) is 47.7 Å². The molecule has 7 nitrogen and oxygen atoms in total. The van der Waals surface area contributed by atoms with Crippen molar-refractivity contribution in [1.29, 1.82) is 0 Å². The summed E-state index contributed by atoms with van der Waals surface area (Å²) in [6.07, 6.45) is 2.94. The average Bonchev–Trinajstić information content (AvgIpc) is 3.51. The molecular formula is C22H23N5O2S. The number of carbonyl (C=O) groups is 1. The molecule has 1 saturated heterocycles. The van der Waals surface area contributed by atoms with Crippen LogP contribution in [-0.2, 0) is 22.5 Å². The standard InChI is InChI=1S/C22H23N5O2S/c1-2-15-7-5-11-19-21(15)23-22(30-19)26(13-16-8-6-12-29-16)20(28)14-27-18-10-4-3-9-17(18)24-25-27/h3-5,7,9-11,16H,2,6,8,12-14H2,1H3. The highest BCUT2D eigenvalue weighted by atomic mass is 32.1.